The number of halogens is 1. The third kappa shape index (κ3) is 3.29. The van der Waals surface area contributed by atoms with E-state index >= 15 is 0 Å². The lowest BCUT2D eigenvalue weighted by Gasteiger charge is -2.11. The first-order valence-electron chi connectivity index (χ1n) is 5.80. The van der Waals surface area contributed by atoms with Gasteiger partial charge in [-0.1, -0.05) is 17.7 Å². The van der Waals surface area contributed by atoms with Crippen LogP contribution in [-0.4, -0.2) is 19.2 Å². The van der Waals surface area contributed by atoms with Gasteiger partial charge >= 0.3 is 0 Å². The van der Waals surface area contributed by atoms with E-state index in [1.165, 1.54) is 0 Å². The van der Waals surface area contributed by atoms with Crippen molar-refractivity contribution in [2.24, 2.45) is 0 Å². The van der Waals surface area contributed by atoms with E-state index in [0.717, 1.165) is 11.3 Å². The molecular formula is C14H15ClN2O2. The van der Waals surface area contributed by atoms with Crippen LogP contribution in [0, 0.1) is 0 Å². The minimum absolute atomic E-state index is 0.590. The number of hydrogen-bond acceptors (Lipinski definition) is 4. The van der Waals surface area contributed by atoms with Crippen molar-refractivity contribution in [2.45, 2.75) is 6.54 Å². The average molecular weight is 279 g/mol. The number of pyridine rings is 1. The summed E-state index contributed by atoms with van der Waals surface area (Å²) in [5.41, 5.74) is 1.91. The smallest absolute Gasteiger partial charge is 0.218 e. The highest BCUT2D eigenvalue weighted by atomic mass is 35.5. The number of rotatable bonds is 5. The highest BCUT2D eigenvalue weighted by Crippen LogP contribution is 2.27. The molecule has 0 radical (unpaired) electrons. The summed E-state index contributed by atoms with van der Waals surface area (Å²) in [5.74, 6) is 1.26. The number of aromatic nitrogens is 1. The summed E-state index contributed by atoms with van der Waals surface area (Å²) in [6, 6.07) is 9.38. The van der Waals surface area contributed by atoms with Crippen LogP contribution >= 0.6 is 11.6 Å². The van der Waals surface area contributed by atoms with Crippen molar-refractivity contribution in [1.82, 2.24) is 4.98 Å². The van der Waals surface area contributed by atoms with E-state index in [-0.39, 0.29) is 0 Å². The first kappa shape index (κ1) is 13.5. The van der Waals surface area contributed by atoms with E-state index in [0.29, 0.717) is 23.2 Å². The summed E-state index contributed by atoms with van der Waals surface area (Å²) in [7, 11) is 3.20. The number of ether oxygens (including phenoxy) is 2. The molecule has 1 aromatic heterocycles. The first-order chi connectivity index (χ1) is 9.24. The van der Waals surface area contributed by atoms with Gasteiger partial charge in [0.2, 0.25) is 5.88 Å². The van der Waals surface area contributed by atoms with Crippen LogP contribution in [0.15, 0.2) is 36.5 Å². The van der Waals surface area contributed by atoms with Crippen molar-refractivity contribution in [2.75, 3.05) is 19.5 Å². The summed E-state index contributed by atoms with van der Waals surface area (Å²) in [5, 5.41) is 3.87. The van der Waals surface area contributed by atoms with E-state index in [9.17, 15) is 0 Å². The minimum atomic E-state index is 0.590. The lowest BCUT2D eigenvalue weighted by molar-refractivity contribution is 0.393. The summed E-state index contributed by atoms with van der Waals surface area (Å²) in [4.78, 5) is 4.15. The molecular weight excluding hydrogens is 264 g/mol. The second kappa shape index (κ2) is 6.29. The number of hydrogen-bond donors (Lipinski definition) is 1. The van der Waals surface area contributed by atoms with Gasteiger partial charge < -0.3 is 14.8 Å². The van der Waals surface area contributed by atoms with Crippen molar-refractivity contribution in [3.8, 4) is 11.6 Å². The number of anilines is 1. The highest BCUT2D eigenvalue weighted by molar-refractivity contribution is 6.32. The van der Waals surface area contributed by atoms with Gasteiger partial charge in [0.15, 0.2) is 0 Å². The molecule has 100 valence electrons. The molecule has 19 heavy (non-hydrogen) atoms. The molecule has 5 heteroatoms. The fourth-order valence-corrected chi connectivity index (χ4v) is 1.90. The molecule has 4 nitrogen and oxygen atoms in total. The van der Waals surface area contributed by atoms with Crippen molar-refractivity contribution < 1.29 is 9.47 Å². The van der Waals surface area contributed by atoms with Gasteiger partial charge in [0.05, 0.1) is 19.2 Å². The molecule has 0 unspecified atom stereocenters. The van der Waals surface area contributed by atoms with Gasteiger partial charge in [-0.15, -0.1) is 0 Å². The van der Waals surface area contributed by atoms with E-state index in [2.05, 4.69) is 10.3 Å². The van der Waals surface area contributed by atoms with Crippen molar-refractivity contribution in [3.63, 3.8) is 0 Å². The summed E-state index contributed by atoms with van der Waals surface area (Å²) in [6.45, 7) is 0.613. The Morgan fingerprint density at radius 3 is 2.79 bits per heavy atom. The number of methoxy groups -OCH3 is 2. The molecule has 0 aliphatic carbocycles. The second-order valence-corrected chi connectivity index (χ2v) is 4.28. The van der Waals surface area contributed by atoms with Gasteiger partial charge in [-0.2, -0.15) is 0 Å². The molecule has 1 aromatic carbocycles. The molecule has 0 spiro atoms. The molecule has 0 saturated heterocycles. The molecule has 0 amide bonds. The predicted octanol–water partition coefficient (Wildman–Crippen LogP) is 3.36. The van der Waals surface area contributed by atoms with Crippen LogP contribution < -0.4 is 14.8 Å². The molecule has 0 atom stereocenters. The average Bonchev–Trinajstić information content (AvgIpc) is 2.46. The van der Waals surface area contributed by atoms with E-state index in [1.54, 1.807) is 26.5 Å². The molecule has 2 rings (SSSR count). The normalized spacial score (nSPS) is 10.1. The SMILES string of the molecule is COc1cc(NCc2cccnc2OC)ccc1Cl. The highest BCUT2D eigenvalue weighted by Gasteiger charge is 2.05. The maximum Gasteiger partial charge on any atom is 0.218 e. The van der Waals surface area contributed by atoms with Crippen molar-refractivity contribution in [1.29, 1.82) is 0 Å². The van der Waals surface area contributed by atoms with Crippen LogP contribution in [0.3, 0.4) is 0 Å². The Labute approximate surface area is 117 Å². The van der Waals surface area contributed by atoms with E-state index < -0.39 is 0 Å². The van der Waals surface area contributed by atoms with Gasteiger partial charge in [0.1, 0.15) is 5.75 Å². The van der Waals surface area contributed by atoms with Crippen LogP contribution in [0.4, 0.5) is 5.69 Å². The van der Waals surface area contributed by atoms with Crippen LogP contribution in [0.25, 0.3) is 0 Å². The Kier molecular flexibility index (Phi) is 4.47. The fraction of sp³-hybridized carbons (Fsp3) is 0.214. The Balaban J connectivity index is 2.10. The van der Waals surface area contributed by atoms with Crippen molar-refractivity contribution in [3.05, 3.63) is 47.1 Å². The van der Waals surface area contributed by atoms with Crippen molar-refractivity contribution >= 4 is 17.3 Å². The number of nitrogens with one attached hydrogen (secondary N) is 1. The molecule has 0 saturated carbocycles. The lowest BCUT2D eigenvalue weighted by Crippen LogP contribution is -2.03. The van der Waals surface area contributed by atoms with Gasteiger partial charge in [-0.25, -0.2) is 4.98 Å². The van der Waals surface area contributed by atoms with Crippen LogP contribution in [0.1, 0.15) is 5.56 Å². The van der Waals surface area contributed by atoms with Gasteiger partial charge in [0.25, 0.3) is 0 Å². The zero-order valence-electron chi connectivity index (χ0n) is 10.8. The quantitative estimate of drug-likeness (QED) is 0.911. The first-order valence-corrected chi connectivity index (χ1v) is 6.17. The minimum Gasteiger partial charge on any atom is -0.495 e. The molecule has 0 fully saturated rings. The summed E-state index contributed by atoms with van der Waals surface area (Å²) in [6.07, 6.45) is 1.70. The van der Waals surface area contributed by atoms with E-state index in [1.807, 2.05) is 24.3 Å². The van der Waals surface area contributed by atoms with Crippen LogP contribution in [0.5, 0.6) is 11.6 Å². The standard InChI is InChI=1S/C14H15ClN2O2/c1-18-13-8-11(5-6-12(13)15)17-9-10-4-3-7-16-14(10)19-2/h3-8,17H,9H2,1-2H3. The molecule has 1 N–H and O–H groups in total. The Bertz CT molecular complexity index is 561. The van der Waals surface area contributed by atoms with Crippen LogP contribution in [-0.2, 0) is 6.54 Å². The molecule has 2 aromatic rings. The van der Waals surface area contributed by atoms with Gasteiger partial charge in [0, 0.05) is 30.1 Å². The summed E-state index contributed by atoms with van der Waals surface area (Å²) < 4.78 is 10.4. The molecule has 0 aliphatic rings. The monoisotopic (exact) mass is 278 g/mol. The Morgan fingerprint density at radius 1 is 1.21 bits per heavy atom. The molecule has 0 bridgehead atoms. The van der Waals surface area contributed by atoms with Gasteiger partial charge in [-0.3, -0.25) is 0 Å². The molecule has 1 heterocycles. The van der Waals surface area contributed by atoms with E-state index in [4.69, 9.17) is 21.1 Å². The number of benzene rings is 1. The second-order valence-electron chi connectivity index (χ2n) is 3.87. The zero-order chi connectivity index (χ0) is 13.7. The molecule has 0 aliphatic heterocycles. The van der Waals surface area contributed by atoms with Gasteiger partial charge in [-0.05, 0) is 18.2 Å². The maximum atomic E-state index is 5.98. The largest absolute Gasteiger partial charge is 0.495 e. The lowest BCUT2D eigenvalue weighted by atomic mass is 10.2. The Morgan fingerprint density at radius 2 is 2.05 bits per heavy atom. The predicted molar refractivity (Wildman–Crippen MR) is 76.1 cm³/mol. The maximum absolute atomic E-state index is 5.98. The third-order valence-electron chi connectivity index (χ3n) is 2.68. The third-order valence-corrected chi connectivity index (χ3v) is 2.99. The topological polar surface area (TPSA) is 43.4 Å². The Hall–Kier alpha value is -1.94. The summed E-state index contributed by atoms with van der Waals surface area (Å²) >= 11 is 5.98. The van der Waals surface area contributed by atoms with Crippen LogP contribution in [0.2, 0.25) is 5.02 Å². The number of nitrogens with zero attached hydrogens (tertiary/aromatic N) is 1. The zero-order valence-corrected chi connectivity index (χ0v) is 11.6. The fourth-order valence-electron chi connectivity index (χ4n) is 1.71.